The highest BCUT2D eigenvalue weighted by Crippen LogP contribution is 2.35. The van der Waals surface area contributed by atoms with Crippen molar-refractivity contribution in [2.45, 2.75) is 279 Å². The maximum absolute atomic E-state index is 13.7. The number of aliphatic carboxylic acids is 2. The second-order valence-corrected chi connectivity index (χ2v) is 68.0. The molecule has 7 atom stereocenters. The molecule has 0 radical (unpaired) electrons. The van der Waals surface area contributed by atoms with Crippen molar-refractivity contribution >= 4 is 108 Å². The van der Waals surface area contributed by atoms with Gasteiger partial charge < -0.3 is 53.8 Å². The summed E-state index contributed by atoms with van der Waals surface area (Å²) in [5, 5.41) is 25.8. The number of amides is 2. The lowest BCUT2D eigenvalue weighted by molar-refractivity contribution is -0.141. The fourth-order valence-corrected chi connectivity index (χ4v) is 58.0. The zero-order valence-corrected chi connectivity index (χ0v) is 64.1. The summed E-state index contributed by atoms with van der Waals surface area (Å²) in [7, 11) is -24.4. The summed E-state index contributed by atoms with van der Waals surface area (Å²) >= 11 is 0. The van der Waals surface area contributed by atoms with Crippen molar-refractivity contribution in [1.29, 1.82) is 0 Å². The van der Waals surface area contributed by atoms with Crippen molar-refractivity contribution in [3.8, 4) is 0 Å². The van der Waals surface area contributed by atoms with Crippen LogP contribution in [0.25, 0.3) is 0 Å². The zero-order valence-electron chi connectivity index (χ0n) is 54.1. The van der Waals surface area contributed by atoms with Crippen molar-refractivity contribution in [1.82, 2.24) is 10.6 Å². The third-order valence-corrected chi connectivity index (χ3v) is 49.2. The highest BCUT2D eigenvalue weighted by atomic mass is 28.5. The van der Waals surface area contributed by atoms with E-state index in [-0.39, 0.29) is 30.6 Å². The lowest BCUT2D eigenvalue weighted by atomic mass is 9.98. The highest BCUT2D eigenvalue weighted by molar-refractivity contribution is 6.92. The van der Waals surface area contributed by atoms with E-state index < -0.39 is 108 Å². The lowest BCUT2D eigenvalue weighted by Crippen LogP contribution is -2.59. The molecule has 0 rings (SSSR count). The van der Waals surface area contributed by atoms with Crippen LogP contribution in [0.15, 0.2) is 0 Å². The zero-order chi connectivity index (χ0) is 60.7. The fourth-order valence-electron chi connectivity index (χ4n) is 10.7. The molecule has 0 aliphatic rings. The largest absolute Gasteiger partial charge is 0.481 e. The number of nitrogens with one attached hydrogen (secondary N) is 2. The molecule has 0 aromatic carbocycles. The number of carboxylic acids is 2. The van der Waals surface area contributed by atoms with Crippen LogP contribution >= 0.6 is 0 Å². The number of carbonyl (C=O) groups is 4. The molecule has 7 unspecified atom stereocenters. The van der Waals surface area contributed by atoms with E-state index in [4.69, 9.17) is 32.9 Å². The van der Waals surface area contributed by atoms with Gasteiger partial charge in [0.05, 0.1) is 12.8 Å². The Balaban J connectivity index is 5.74. The molecule has 0 aliphatic carbocycles. The average molecular weight is 1280 g/mol. The van der Waals surface area contributed by atoms with Crippen molar-refractivity contribution in [3.63, 3.8) is 0 Å². The van der Waals surface area contributed by atoms with Gasteiger partial charge in [-0.15, -0.1) is 0 Å². The molecule has 462 valence electrons. The summed E-state index contributed by atoms with van der Waals surface area (Å²) < 4.78 is 55.8. The molecule has 0 heterocycles. The number of hydrogen-bond donors (Lipinski definition) is 4. The van der Waals surface area contributed by atoms with Gasteiger partial charge in [0.15, 0.2) is 33.3 Å². The standard InChI is InChI=1S/C52H120N2O14Si10/c1-24-26-28-30-39-75(20,61-69(4,5)6)65-73(16,17)67-77(22,63-71(10,11)12)41-33-36-47(43-49(55)56)51(59)53-38-32-35-46(3)45-54-52(60)48(44-50(57)58)37-34-42-78(23,64-72(13,14)15)68-74(18,19)66-76(21,62-70(7,8)9)40-31-29-27-25-2/h46-48H,24-45H2,1-23H3,(H,53,59)(H,54,60)(H,55,56)(H,57,58). The molecule has 78 heavy (non-hydrogen) atoms. The lowest BCUT2D eigenvalue weighted by Gasteiger charge is -2.44. The van der Waals surface area contributed by atoms with E-state index in [9.17, 15) is 29.4 Å². The van der Waals surface area contributed by atoms with Crippen molar-refractivity contribution < 1.29 is 62.3 Å². The molecule has 0 aromatic heterocycles. The first-order valence-corrected chi connectivity index (χ1v) is 59.2. The number of carboxylic acid groups (broad SMARTS) is 2. The van der Waals surface area contributed by atoms with E-state index in [1.54, 1.807) is 0 Å². The van der Waals surface area contributed by atoms with Gasteiger partial charge in [-0.25, -0.2) is 0 Å². The van der Waals surface area contributed by atoms with Gasteiger partial charge in [0.25, 0.3) is 0 Å². The van der Waals surface area contributed by atoms with Crippen LogP contribution in [0.1, 0.15) is 124 Å². The van der Waals surface area contributed by atoms with Gasteiger partial charge in [-0.2, -0.15) is 0 Å². The van der Waals surface area contributed by atoms with E-state index in [1.165, 1.54) is 12.8 Å². The van der Waals surface area contributed by atoms with Gasteiger partial charge in [0, 0.05) is 24.9 Å². The molecule has 0 bridgehead atoms. The summed E-state index contributed by atoms with van der Waals surface area (Å²) in [6, 6.07) is 3.05. The van der Waals surface area contributed by atoms with E-state index in [0.29, 0.717) is 63.7 Å². The number of rotatable bonds is 46. The molecule has 4 N–H and O–H groups in total. The second kappa shape index (κ2) is 34.6. The Morgan fingerprint density at radius 3 is 0.962 bits per heavy atom. The molecular formula is C52H120N2O14Si10. The van der Waals surface area contributed by atoms with E-state index in [2.05, 4.69) is 155 Å². The summed E-state index contributed by atoms with van der Waals surface area (Å²) in [4.78, 5) is 51.4. The summed E-state index contributed by atoms with van der Waals surface area (Å²) in [5.41, 5.74) is 0. The van der Waals surface area contributed by atoms with Crippen LogP contribution in [0.5, 0.6) is 0 Å². The Labute approximate surface area is 487 Å². The molecule has 26 heteroatoms. The maximum atomic E-state index is 13.7. The summed E-state index contributed by atoms with van der Waals surface area (Å²) in [5.74, 6) is -4.01. The highest BCUT2D eigenvalue weighted by Gasteiger charge is 2.50. The topological polar surface area (TPSA) is 207 Å². The van der Waals surface area contributed by atoms with Gasteiger partial charge in [-0.05, 0) is 187 Å². The quantitative estimate of drug-likeness (QED) is 0.0331. The first-order valence-electron chi connectivity index (χ1n) is 29.9. The van der Waals surface area contributed by atoms with E-state index in [1.807, 2.05) is 6.92 Å². The SMILES string of the molecule is CCCCCC[Si](C)(O[Si](C)(C)C)O[Si](C)(C)O[Si](C)(CCCC(CC(=O)O)C(=O)NCCCC(C)CNC(=O)C(CCC[Si](C)(O[Si](C)(C)C)O[Si](C)(C)O[Si](C)(CCCCCC)O[Si](C)(C)C)CC(=O)O)O[Si](C)(C)C. The molecule has 0 saturated carbocycles. The molecule has 2 amide bonds. The van der Waals surface area contributed by atoms with Crippen LogP contribution in [-0.2, 0) is 52.1 Å². The van der Waals surface area contributed by atoms with Crippen LogP contribution in [-0.4, -0.2) is 132 Å². The minimum atomic E-state index is -2.86. The molecule has 0 saturated heterocycles. The first-order chi connectivity index (χ1) is 35.3. The fraction of sp³-hybridized carbons (Fsp3) is 0.923. The second-order valence-electron chi connectivity index (χ2n) is 27.9. The van der Waals surface area contributed by atoms with E-state index in [0.717, 1.165) is 50.6 Å². The molecule has 0 spiro atoms. The van der Waals surface area contributed by atoms with E-state index >= 15 is 0 Å². The van der Waals surface area contributed by atoms with Crippen LogP contribution in [0.3, 0.4) is 0 Å². The summed E-state index contributed by atoms with van der Waals surface area (Å²) in [6.45, 7) is 50.3. The molecule has 0 fully saturated rings. The normalized spacial score (nSPS) is 17.5. The third kappa shape index (κ3) is 39.3. The minimum absolute atomic E-state index is 0.0489. The predicted octanol–water partition coefficient (Wildman–Crippen LogP) is 14.7. The summed E-state index contributed by atoms with van der Waals surface area (Å²) in [6.07, 6.45) is 11.8. The van der Waals surface area contributed by atoms with Crippen LogP contribution in [0.2, 0.25) is 155 Å². The van der Waals surface area contributed by atoms with Crippen molar-refractivity contribution in [3.05, 3.63) is 0 Å². The predicted molar refractivity (Wildman–Crippen MR) is 345 cm³/mol. The smallest absolute Gasteiger partial charge is 0.315 e. The Bertz CT molecular complexity index is 1780. The molecular weight excluding hydrogens is 1160 g/mol. The van der Waals surface area contributed by atoms with Gasteiger partial charge in [-0.3, -0.25) is 19.2 Å². The van der Waals surface area contributed by atoms with Crippen LogP contribution < -0.4 is 10.6 Å². The number of carbonyl (C=O) groups excluding carboxylic acids is 2. The van der Waals surface area contributed by atoms with Crippen molar-refractivity contribution in [2.24, 2.45) is 17.8 Å². The Morgan fingerprint density at radius 2 is 0.679 bits per heavy atom. The molecule has 0 aromatic rings. The maximum Gasteiger partial charge on any atom is 0.315 e. The first kappa shape index (κ1) is 77.7. The molecule has 0 aliphatic heterocycles. The van der Waals surface area contributed by atoms with Gasteiger partial charge in [0.2, 0.25) is 11.8 Å². The van der Waals surface area contributed by atoms with Gasteiger partial charge in [-0.1, -0.05) is 85.0 Å². The van der Waals surface area contributed by atoms with Crippen molar-refractivity contribution in [2.75, 3.05) is 13.1 Å². The number of unbranched alkanes of at least 4 members (excludes halogenated alkanes) is 6. The minimum Gasteiger partial charge on any atom is -0.481 e. The Morgan fingerprint density at radius 1 is 0.385 bits per heavy atom. The Hall–Kier alpha value is -0.271. The molecule has 16 nitrogen and oxygen atoms in total. The third-order valence-electron chi connectivity index (χ3n) is 12.7. The number of hydrogen-bond acceptors (Lipinski definition) is 12. The van der Waals surface area contributed by atoms with Gasteiger partial charge in [0.1, 0.15) is 0 Å². The van der Waals surface area contributed by atoms with Crippen LogP contribution in [0.4, 0.5) is 0 Å². The Kier molecular flexibility index (Phi) is 34.5. The average Bonchev–Trinajstić information content (AvgIpc) is 3.19. The van der Waals surface area contributed by atoms with Gasteiger partial charge >= 0.3 is 63.3 Å². The monoisotopic (exact) mass is 1280 g/mol. The van der Waals surface area contributed by atoms with Crippen LogP contribution in [0, 0.1) is 17.8 Å².